The van der Waals surface area contributed by atoms with E-state index in [-0.39, 0.29) is 0 Å². The first-order chi connectivity index (χ1) is 18.4. The number of hydrogen-bond donors (Lipinski definition) is 0. The predicted octanol–water partition coefficient (Wildman–Crippen LogP) is 9.83. The van der Waals surface area contributed by atoms with E-state index in [0.717, 1.165) is 30.1 Å². The van der Waals surface area contributed by atoms with Crippen LogP contribution in [-0.4, -0.2) is 40.2 Å². The molecule has 1 aliphatic rings. The van der Waals surface area contributed by atoms with Crippen molar-refractivity contribution in [1.82, 2.24) is 0 Å². The Bertz CT molecular complexity index is 1640. The lowest BCUT2D eigenvalue weighted by atomic mass is 10.3. The van der Waals surface area contributed by atoms with E-state index in [1.54, 1.807) is 49.7 Å². The maximum absolute atomic E-state index is 14.1. The number of nitrogens with zero attached hydrogens (tertiary/aromatic N) is 1. The lowest BCUT2D eigenvalue weighted by Gasteiger charge is -2.40. The molecule has 4 aromatic heterocycles. The zero-order valence-electron chi connectivity index (χ0n) is 24.5. The van der Waals surface area contributed by atoms with Gasteiger partial charge in [-0.1, -0.05) is 0 Å². The first-order valence-corrected chi connectivity index (χ1v) is 27.3. The van der Waals surface area contributed by atoms with Gasteiger partial charge in [0.15, 0.2) is 16.6 Å². The molecule has 0 N–H and O–H groups in total. The monoisotopic (exact) mass is 683 g/mol. The second-order valence-corrected chi connectivity index (χ2v) is 31.7. The molecule has 4 aromatic rings. The van der Waals surface area contributed by atoms with Gasteiger partial charge in [-0.3, -0.25) is 4.31 Å². The molecule has 13 heteroatoms. The largest absolute Gasteiger partial charge is 0.437 e. The summed E-state index contributed by atoms with van der Waals surface area (Å²) in [6, 6.07) is 13.2. The average Bonchev–Trinajstić information content (AvgIpc) is 3.55. The Labute approximate surface area is 258 Å². The molecule has 5 rings (SSSR count). The number of rotatable bonds is 9. The minimum atomic E-state index is -3.70. The fourth-order valence-corrected chi connectivity index (χ4v) is 24.1. The lowest BCUT2D eigenvalue weighted by molar-refractivity contribution is 0.384. The van der Waals surface area contributed by atoms with Crippen molar-refractivity contribution in [3.8, 4) is 29.3 Å². The average molecular weight is 684 g/mol. The molecule has 0 bridgehead atoms. The molecule has 0 amide bonds. The number of thiophene rings is 4. The van der Waals surface area contributed by atoms with Crippen molar-refractivity contribution in [2.75, 3.05) is 10.8 Å². The highest BCUT2D eigenvalue weighted by Gasteiger charge is 2.44. The van der Waals surface area contributed by atoms with Gasteiger partial charge in [-0.25, -0.2) is 8.42 Å². The Balaban J connectivity index is 1.54. The smallest absolute Gasteiger partial charge is 0.316 e. The van der Waals surface area contributed by atoms with E-state index in [1.807, 2.05) is 13.0 Å². The molecular weight excluding hydrogens is 647 g/mol. The highest BCUT2D eigenvalue weighted by molar-refractivity contribution is 7.93. The number of anilines is 1. The van der Waals surface area contributed by atoms with Crippen LogP contribution in [0.5, 0.6) is 0 Å². The van der Waals surface area contributed by atoms with Gasteiger partial charge in [-0.05, 0) is 96.1 Å². The zero-order chi connectivity index (χ0) is 29.3. The van der Waals surface area contributed by atoms with Gasteiger partial charge in [0, 0.05) is 41.9 Å². The second kappa shape index (κ2) is 10.7. The molecule has 216 valence electrons. The van der Waals surface area contributed by atoms with Gasteiger partial charge < -0.3 is 8.23 Å². The summed E-state index contributed by atoms with van der Waals surface area (Å²) < 4.78 is 43.3. The fraction of sp³-hybridized carbons (Fsp3) is 0.407. The number of hydrogen-bond acceptors (Lipinski definition) is 8. The summed E-state index contributed by atoms with van der Waals surface area (Å²) in [4.78, 5) is 9.41. The molecule has 5 nitrogen and oxygen atoms in total. The van der Waals surface area contributed by atoms with Crippen molar-refractivity contribution in [3.05, 3.63) is 46.2 Å². The topological polar surface area (TPSA) is 55.8 Å². The molecule has 0 fully saturated rings. The molecule has 0 atom stereocenters. The van der Waals surface area contributed by atoms with Gasteiger partial charge in [0.2, 0.25) is 0 Å². The molecule has 40 heavy (non-hydrogen) atoms. The fourth-order valence-electron chi connectivity index (χ4n) is 5.07. The summed E-state index contributed by atoms with van der Waals surface area (Å²) in [7, 11) is -10.2. The van der Waals surface area contributed by atoms with Gasteiger partial charge >= 0.3 is 8.56 Å². The first kappa shape index (κ1) is 30.6. The van der Waals surface area contributed by atoms with E-state index in [4.69, 9.17) is 8.23 Å². The lowest BCUT2D eigenvalue weighted by Crippen LogP contribution is -2.54. The molecule has 0 unspecified atom stereocenters. The van der Waals surface area contributed by atoms with Gasteiger partial charge in [-0.2, -0.15) is 0 Å². The first-order valence-electron chi connectivity index (χ1n) is 13.3. The van der Waals surface area contributed by atoms with Crippen LogP contribution < -0.4 is 4.31 Å². The molecule has 0 aromatic carbocycles. The van der Waals surface area contributed by atoms with Crippen LogP contribution in [0.4, 0.5) is 5.69 Å². The van der Waals surface area contributed by atoms with Crippen LogP contribution in [0.1, 0.15) is 9.75 Å². The zero-order valence-corrected chi connectivity index (χ0v) is 31.6. The van der Waals surface area contributed by atoms with Crippen molar-refractivity contribution in [1.29, 1.82) is 0 Å². The van der Waals surface area contributed by atoms with Crippen LogP contribution >= 0.6 is 45.3 Å². The normalized spacial score (nSPS) is 15.4. The molecule has 5 heterocycles. The van der Waals surface area contributed by atoms with Gasteiger partial charge in [0.25, 0.3) is 10.0 Å². The van der Waals surface area contributed by atoms with Crippen molar-refractivity contribution < 1.29 is 16.6 Å². The van der Waals surface area contributed by atoms with Crippen LogP contribution in [-0.2, 0) is 18.3 Å². The minimum Gasteiger partial charge on any atom is -0.437 e. The Morgan fingerprint density at radius 2 is 1.27 bits per heavy atom. The third kappa shape index (κ3) is 6.38. The maximum atomic E-state index is 14.1. The van der Waals surface area contributed by atoms with Crippen molar-refractivity contribution >= 4 is 86.3 Å². The molecule has 0 saturated heterocycles. The van der Waals surface area contributed by atoms with E-state index in [2.05, 4.69) is 83.1 Å². The Kier molecular flexibility index (Phi) is 8.17. The van der Waals surface area contributed by atoms with E-state index < -0.39 is 35.2 Å². The molecule has 1 aliphatic heterocycles. The van der Waals surface area contributed by atoms with E-state index in [0.29, 0.717) is 17.5 Å². The summed E-state index contributed by atoms with van der Waals surface area (Å²) in [5, 5.41) is 0. The van der Waals surface area contributed by atoms with E-state index in [9.17, 15) is 8.42 Å². The molecule has 0 saturated carbocycles. The predicted molar refractivity (Wildman–Crippen MR) is 184 cm³/mol. The Hall–Kier alpha value is -0.879. The highest BCUT2D eigenvalue weighted by Crippen LogP contribution is 2.54. The number of aryl methyl sites for hydroxylation is 2. The number of sulfonamides is 1. The van der Waals surface area contributed by atoms with E-state index in [1.165, 1.54) is 14.6 Å². The number of fused-ring (bicyclic) bond motifs is 3. The van der Waals surface area contributed by atoms with Crippen LogP contribution in [0.2, 0.25) is 51.9 Å². The van der Waals surface area contributed by atoms with Gasteiger partial charge in [0.1, 0.15) is 4.90 Å². The second-order valence-electron chi connectivity index (χ2n) is 12.3. The van der Waals surface area contributed by atoms with Crippen LogP contribution in [0.25, 0.3) is 29.3 Å². The SMILES string of the molecule is Cc1ccc(-c2ccc(-c3cc4c(s3)-c3sc(C)cc3S(=O)(=O)N4CC[Si](C)(O[Si](C)(C)C)O[Si](C)(C)C)s2)s1. The summed E-state index contributed by atoms with van der Waals surface area (Å²) in [5.74, 6) is 0. The van der Waals surface area contributed by atoms with Crippen LogP contribution in [0.3, 0.4) is 0 Å². The van der Waals surface area contributed by atoms with E-state index >= 15 is 0 Å². The molecule has 0 radical (unpaired) electrons. The maximum Gasteiger partial charge on any atom is 0.316 e. The van der Waals surface area contributed by atoms with Crippen molar-refractivity contribution in [2.24, 2.45) is 0 Å². The summed E-state index contributed by atoms with van der Waals surface area (Å²) >= 11 is 6.83. The molecule has 0 aliphatic carbocycles. The summed E-state index contributed by atoms with van der Waals surface area (Å²) in [6.07, 6.45) is 0. The van der Waals surface area contributed by atoms with Gasteiger partial charge in [0.05, 0.1) is 15.4 Å². The van der Waals surface area contributed by atoms with Gasteiger partial charge in [-0.15, -0.1) is 45.3 Å². The minimum absolute atomic E-state index is 0.349. The van der Waals surface area contributed by atoms with Crippen molar-refractivity contribution in [2.45, 2.75) is 70.6 Å². The van der Waals surface area contributed by atoms with Crippen LogP contribution in [0, 0.1) is 13.8 Å². The quantitative estimate of drug-likeness (QED) is 0.165. The van der Waals surface area contributed by atoms with Crippen molar-refractivity contribution in [3.63, 3.8) is 0 Å². The van der Waals surface area contributed by atoms with Crippen LogP contribution in [0.15, 0.2) is 41.3 Å². The third-order valence-corrected chi connectivity index (χ3v) is 22.5. The molecular formula is C27H37NO4S5Si3. The Morgan fingerprint density at radius 1 is 0.700 bits per heavy atom. The summed E-state index contributed by atoms with van der Waals surface area (Å²) in [6.45, 7) is 19.7. The Morgan fingerprint density at radius 3 is 1.85 bits per heavy atom. The molecule has 0 spiro atoms. The third-order valence-electron chi connectivity index (χ3n) is 6.22. The summed E-state index contributed by atoms with van der Waals surface area (Å²) in [5.41, 5.74) is 0.786. The standard InChI is InChI=1S/C27H37NO4S5Si3/c1-18-10-11-21(33-18)22-12-13-23(35-22)24-17-20-26(36-24)27-25(16-19(2)34-27)37(29,30)28(20)14-15-40(9,31-38(3,4)5)32-39(6,7)8/h10-13,16-17H,14-15H2,1-9H3. The highest BCUT2D eigenvalue weighted by atomic mass is 32.2.